The Morgan fingerprint density at radius 3 is 2.45 bits per heavy atom. The molecule has 0 bridgehead atoms. The van der Waals surface area contributed by atoms with Crippen molar-refractivity contribution in [2.24, 2.45) is 11.8 Å². The van der Waals surface area contributed by atoms with Crippen LogP contribution in [-0.2, 0) is 29.8 Å². The van der Waals surface area contributed by atoms with Crippen LogP contribution in [0.25, 0.3) is 22.2 Å². The van der Waals surface area contributed by atoms with Crippen LogP contribution in [0.4, 0.5) is 0 Å². The number of aromatic nitrogens is 1. The molecule has 6 atom stereocenters. The van der Waals surface area contributed by atoms with Crippen molar-refractivity contribution in [3.8, 4) is 22.8 Å². The SMILES string of the molecule is COc1ccc2c(O[C@@H]3C[C@H]4C(=O)C[C@]5(P(=O)(O)Cc6cccs6)C[C@H]5CCCCCCC[C@H](CC(=O)OC5CCCC5)C(=O)N4C3)cc(-c3ccccc3)nc2c1. The van der Waals surface area contributed by atoms with Gasteiger partial charge >= 0.3 is 5.97 Å². The predicted molar refractivity (Wildman–Crippen MR) is 225 cm³/mol. The van der Waals surface area contributed by atoms with Crippen LogP contribution in [-0.4, -0.2) is 69.5 Å². The smallest absolute Gasteiger partial charge is 0.306 e. The summed E-state index contributed by atoms with van der Waals surface area (Å²) in [4.78, 5) is 62.4. The molecule has 2 aromatic carbocycles. The fourth-order valence-corrected chi connectivity index (χ4v) is 13.5. The Bertz CT molecular complexity index is 2140. The van der Waals surface area contributed by atoms with Gasteiger partial charge in [0.1, 0.15) is 23.7 Å². The van der Waals surface area contributed by atoms with Gasteiger partial charge in [0.15, 0.2) is 5.78 Å². The molecule has 4 heterocycles. The highest BCUT2D eigenvalue weighted by Crippen LogP contribution is 2.75. The summed E-state index contributed by atoms with van der Waals surface area (Å²) >= 11 is 1.46. The van der Waals surface area contributed by atoms with Crippen LogP contribution in [0.5, 0.6) is 11.5 Å². The molecular formula is C46H55N2O8PS. The lowest BCUT2D eigenvalue weighted by Crippen LogP contribution is -2.45. The molecule has 1 unspecified atom stereocenters. The van der Waals surface area contributed by atoms with Crippen molar-refractivity contribution in [1.29, 1.82) is 0 Å². The van der Waals surface area contributed by atoms with Crippen molar-refractivity contribution in [2.45, 2.75) is 126 Å². The van der Waals surface area contributed by atoms with Crippen molar-refractivity contribution in [3.63, 3.8) is 0 Å². The van der Waals surface area contributed by atoms with E-state index in [-0.39, 0.29) is 61.7 Å². The van der Waals surface area contributed by atoms with Crippen molar-refractivity contribution >= 4 is 47.3 Å². The molecule has 10 nitrogen and oxygen atoms in total. The van der Waals surface area contributed by atoms with Gasteiger partial charge in [-0.15, -0.1) is 11.3 Å². The molecule has 2 saturated carbocycles. The van der Waals surface area contributed by atoms with Crippen LogP contribution in [0.2, 0.25) is 0 Å². The lowest BCUT2D eigenvalue weighted by molar-refractivity contribution is -0.154. The number of rotatable bonds is 10. The van der Waals surface area contributed by atoms with E-state index in [1.165, 1.54) is 11.3 Å². The second kappa shape index (κ2) is 17.7. The van der Waals surface area contributed by atoms with Gasteiger partial charge in [-0.05, 0) is 74.4 Å². The first-order valence-corrected chi connectivity index (χ1v) is 23.9. The lowest BCUT2D eigenvalue weighted by atomic mass is 9.94. The zero-order chi connectivity index (χ0) is 40.3. The van der Waals surface area contributed by atoms with Gasteiger partial charge in [0.05, 0.1) is 48.6 Å². The minimum absolute atomic E-state index is 0.0235. The van der Waals surface area contributed by atoms with Gasteiger partial charge in [-0.1, -0.05) is 68.5 Å². The number of thiophene rings is 1. The van der Waals surface area contributed by atoms with E-state index in [9.17, 15) is 23.8 Å². The number of amides is 1. The third kappa shape index (κ3) is 8.92. The number of nitrogens with zero attached hydrogens (tertiary/aromatic N) is 2. The van der Waals surface area contributed by atoms with Gasteiger partial charge < -0.3 is 24.0 Å². The van der Waals surface area contributed by atoms with E-state index in [1.54, 1.807) is 12.0 Å². The Morgan fingerprint density at radius 2 is 1.69 bits per heavy atom. The lowest BCUT2D eigenvalue weighted by Gasteiger charge is -2.30. The summed E-state index contributed by atoms with van der Waals surface area (Å²) in [6, 6.07) is 20.3. The summed E-state index contributed by atoms with van der Waals surface area (Å²) in [5.41, 5.74) is 2.31. The van der Waals surface area contributed by atoms with Crippen molar-refractivity contribution in [1.82, 2.24) is 9.88 Å². The van der Waals surface area contributed by atoms with Crippen LogP contribution in [0.1, 0.15) is 101 Å². The van der Waals surface area contributed by atoms with Crippen LogP contribution in [0, 0.1) is 11.8 Å². The molecule has 4 aromatic rings. The number of carbonyl (C=O) groups is 3. The molecule has 2 aromatic heterocycles. The molecule has 4 fully saturated rings. The summed E-state index contributed by atoms with van der Waals surface area (Å²) in [6.45, 7) is 0.145. The second-order valence-electron chi connectivity index (χ2n) is 17.0. The Kier molecular flexibility index (Phi) is 12.4. The molecule has 58 heavy (non-hydrogen) atoms. The van der Waals surface area contributed by atoms with E-state index in [1.807, 2.05) is 72.1 Å². The van der Waals surface area contributed by atoms with Gasteiger partial charge in [-0.3, -0.25) is 18.9 Å². The zero-order valence-corrected chi connectivity index (χ0v) is 35.1. The van der Waals surface area contributed by atoms with E-state index in [4.69, 9.17) is 19.2 Å². The molecule has 8 rings (SSSR count). The maximum Gasteiger partial charge on any atom is 0.306 e. The first-order chi connectivity index (χ1) is 28.1. The molecule has 0 spiro atoms. The average Bonchev–Trinajstić information content (AvgIpc) is 3.68. The average molecular weight is 827 g/mol. The molecule has 308 valence electrons. The highest BCUT2D eigenvalue weighted by Gasteiger charge is 2.65. The van der Waals surface area contributed by atoms with Gasteiger partial charge in [0.2, 0.25) is 13.3 Å². The van der Waals surface area contributed by atoms with Gasteiger partial charge in [-0.25, -0.2) is 4.98 Å². The van der Waals surface area contributed by atoms with E-state index < -0.39 is 30.6 Å². The van der Waals surface area contributed by atoms with Crippen molar-refractivity contribution < 1.29 is 38.1 Å². The van der Waals surface area contributed by atoms with E-state index in [0.717, 1.165) is 80.0 Å². The number of carbonyl (C=O) groups excluding carboxylic acids is 3. The Hall–Kier alpha value is -4.05. The molecule has 0 radical (unpaired) electrons. The number of ether oxygens (including phenoxy) is 3. The highest BCUT2D eigenvalue weighted by atomic mass is 32.1. The molecule has 4 aliphatic rings. The number of hydrogen-bond donors (Lipinski definition) is 1. The monoisotopic (exact) mass is 826 g/mol. The summed E-state index contributed by atoms with van der Waals surface area (Å²) in [5, 5.41) is 1.66. The molecule has 2 aliphatic carbocycles. The predicted octanol–water partition coefficient (Wildman–Crippen LogP) is 9.75. The van der Waals surface area contributed by atoms with E-state index in [0.29, 0.717) is 35.6 Å². The number of methoxy groups -OCH3 is 1. The largest absolute Gasteiger partial charge is 0.497 e. The number of Topliss-reactive ketones (excluding diaryl/α,β-unsaturated/α-hetero) is 1. The fraction of sp³-hybridized carbons (Fsp3) is 0.522. The standard InChI is InChI=1S/C46H55N2O8PS/c1-54-35-20-21-38-40(24-35)47-39(31-13-7-5-8-14-31)26-43(38)55-36-25-41-42(49)28-46(57(52,53)30-37-19-12-22-58-37)27-33(46)16-9-4-2-3-6-15-32(45(51)48(41)29-36)23-44(50)56-34-17-10-11-18-34/h5,7-8,12-14,19-22,24,26,32-34,36,41H,2-4,6,9-11,15-18,23,25,27-30H2,1H3,(H,52,53)/t32-,33-,36-,41+,46-/m1/s1. The second-order valence-corrected chi connectivity index (χ2v) is 20.6. The molecule has 2 aliphatic heterocycles. The van der Waals surface area contributed by atoms with Crippen molar-refractivity contribution in [3.05, 3.63) is 77.0 Å². The third-order valence-electron chi connectivity index (χ3n) is 13.1. The summed E-state index contributed by atoms with van der Waals surface area (Å²) in [7, 11) is -2.21. The minimum atomic E-state index is -3.83. The van der Waals surface area contributed by atoms with Gasteiger partial charge in [-0.2, -0.15) is 0 Å². The van der Waals surface area contributed by atoms with Gasteiger partial charge in [0.25, 0.3) is 0 Å². The normalized spacial score (nSPS) is 26.9. The number of esters is 1. The first kappa shape index (κ1) is 40.7. The van der Waals surface area contributed by atoms with Gasteiger partial charge in [0, 0.05) is 46.7 Å². The molecule has 1 N–H and O–H groups in total. The van der Waals surface area contributed by atoms with E-state index in [2.05, 4.69) is 0 Å². The topological polar surface area (TPSA) is 132 Å². The minimum Gasteiger partial charge on any atom is -0.497 e. The summed E-state index contributed by atoms with van der Waals surface area (Å²) < 4.78 is 32.7. The Labute approximate surface area is 345 Å². The maximum atomic E-state index is 14.9. The maximum absolute atomic E-state index is 14.9. The van der Waals surface area contributed by atoms with Crippen LogP contribution in [0.3, 0.4) is 0 Å². The van der Waals surface area contributed by atoms with Crippen LogP contribution < -0.4 is 9.47 Å². The number of pyridine rings is 1. The molecular weight excluding hydrogens is 772 g/mol. The number of benzene rings is 2. The van der Waals surface area contributed by atoms with Crippen molar-refractivity contribution in [2.75, 3.05) is 13.7 Å². The van der Waals surface area contributed by atoms with E-state index >= 15 is 0 Å². The third-order valence-corrected chi connectivity index (χ3v) is 17.0. The fourth-order valence-electron chi connectivity index (χ4n) is 9.77. The number of ketones is 1. The van der Waals surface area contributed by atoms with Crippen LogP contribution in [0.15, 0.2) is 72.1 Å². The molecule has 12 heteroatoms. The summed E-state index contributed by atoms with van der Waals surface area (Å²) in [5.74, 6) is -0.251. The Balaban J connectivity index is 1.12. The number of fused-ring (bicyclic) bond motifs is 3. The molecule has 1 amide bonds. The number of hydrogen-bond acceptors (Lipinski definition) is 9. The highest BCUT2D eigenvalue weighted by molar-refractivity contribution is 7.59. The quantitative estimate of drug-likeness (QED) is 0.123. The zero-order valence-electron chi connectivity index (χ0n) is 33.4. The Morgan fingerprint density at radius 1 is 0.931 bits per heavy atom. The summed E-state index contributed by atoms with van der Waals surface area (Å²) in [6.07, 6.45) is 9.73. The first-order valence-electron chi connectivity index (χ1n) is 21.2. The van der Waals surface area contributed by atoms with Crippen LogP contribution >= 0.6 is 18.7 Å². The molecule has 2 saturated heterocycles.